The normalized spacial score (nSPS) is 9.55. The van der Waals surface area contributed by atoms with Crippen LogP contribution >= 0.6 is 15.9 Å². The van der Waals surface area contributed by atoms with Crippen molar-refractivity contribution in [3.63, 3.8) is 0 Å². The van der Waals surface area contributed by atoms with Gasteiger partial charge in [-0.2, -0.15) is 0 Å². The molecule has 1 N–H and O–H groups in total. The van der Waals surface area contributed by atoms with Crippen molar-refractivity contribution in [3.05, 3.63) is 42.0 Å². The van der Waals surface area contributed by atoms with Crippen molar-refractivity contribution < 1.29 is 5.11 Å². The van der Waals surface area contributed by atoms with Gasteiger partial charge in [0.1, 0.15) is 5.76 Å². The van der Waals surface area contributed by atoms with Crippen LogP contribution < -0.4 is 0 Å². The monoisotopic (exact) mass is 212 g/mol. The standard InChI is InChI=1S/C9H9BrO/c1-7(11)9-4-2-8(6-10)3-5-9/h2-5,11H,1,6H2. The molecule has 0 fully saturated rings. The number of hydrogen-bond donors (Lipinski definition) is 1. The smallest absolute Gasteiger partial charge is 0.115 e. The van der Waals surface area contributed by atoms with Crippen LogP contribution in [-0.4, -0.2) is 5.11 Å². The molecule has 0 saturated carbocycles. The molecular weight excluding hydrogens is 204 g/mol. The summed E-state index contributed by atoms with van der Waals surface area (Å²) >= 11 is 3.33. The predicted molar refractivity (Wildman–Crippen MR) is 50.7 cm³/mol. The van der Waals surface area contributed by atoms with Gasteiger partial charge in [-0.3, -0.25) is 0 Å². The highest BCUT2D eigenvalue weighted by molar-refractivity contribution is 9.08. The lowest BCUT2D eigenvalue weighted by molar-refractivity contribution is 0.514. The zero-order valence-electron chi connectivity index (χ0n) is 6.05. The minimum Gasteiger partial charge on any atom is -0.508 e. The molecule has 58 valence electrons. The Balaban J connectivity index is 2.91. The van der Waals surface area contributed by atoms with Crippen molar-refractivity contribution in [2.45, 2.75) is 5.33 Å². The molecule has 2 heteroatoms. The molecule has 0 radical (unpaired) electrons. The van der Waals surface area contributed by atoms with E-state index in [1.165, 1.54) is 5.56 Å². The number of hydrogen-bond acceptors (Lipinski definition) is 1. The molecule has 0 saturated heterocycles. The maximum Gasteiger partial charge on any atom is 0.115 e. The summed E-state index contributed by atoms with van der Waals surface area (Å²) in [6.07, 6.45) is 0. The van der Waals surface area contributed by atoms with Crippen LogP contribution in [0, 0.1) is 0 Å². The Morgan fingerprint density at radius 3 is 2.27 bits per heavy atom. The molecule has 0 aromatic heterocycles. The average molecular weight is 213 g/mol. The molecule has 0 aliphatic heterocycles. The lowest BCUT2D eigenvalue weighted by atomic mass is 10.1. The number of aliphatic hydroxyl groups excluding tert-OH is 1. The highest BCUT2D eigenvalue weighted by Crippen LogP contribution is 2.12. The lowest BCUT2D eigenvalue weighted by Gasteiger charge is -1.98. The number of alkyl halides is 1. The zero-order valence-corrected chi connectivity index (χ0v) is 7.63. The fraction of sp³-hybridized carbons (Fsp3) is 0.111. The molecule has 0 atom stereocenters. The first-order valence-electron chi connectivity index (χ1n) is 3.27. The van der Waals surface area contributed by atoms with Gasteiger partial charge < -0.3 is 5.11 Å². The molecule has 1 aromatic rings. The summed E-state index contributed by atoms with van der Waals surface area (Å²) in [4.78, 5) is 0. The Kier molecular flexibility index (Phi) is 2.71. The van der Waals surface area contributed by atoms with Crippen molar-refractivity contribution >= 4 is 21.7 Å². The minimum atomic E-state index is 0.117. The van der Waals surface area contributed by atoms with Gasteiger partial charge in [0, 0.05) is 10.9 Å². The van der Waals surface area contributed by atoms with Gasteiger partial charge in [-0.15, -0.1) is 0 Å². The van der Waals surface area contributed by atoms with E-state index in [1.54, 1.807) is 0 Å². The quantitative estimate of drug-likeness (QED) is 0.591. The first-order chi connectivity index (χ1) is 5.24. The van der Waals surface area contributed by atoms with Crippen molar-refractivity contribution in [2.24, 2.45) is 0 Å². The summed E-state index contributed by atoms with van der Waals surface area (Å²) in [6.45, 7) is 3.42. The Morgan fingerprint density at radius 1 is 1.36 bits per heavy atom. The number of aliphatic hydroxyl groups is 1. The van der Waals surface area contributed by atoms with E-state index < -0.39 is 0 Å². The zero-order chi connectivity index (χ0) is 8.27. The van der Waals surface area contributed by atoms with Crippen LogP contribution in [0.2, 0.25) is 0 Å². The Hall–Kier alpha value is -0.760. The van der Waals surface area contributed by atoms with Crippen molar-refractivity contribution in [1.29, 1.82) is 0 Å². The summed E-state index contributed by atoms with van der Waals surface area (Å²) in [5, 5.41) is 9.82. The molecule has 0 aliphatic carbocycles. The highest BCUT2D eigenvalue weighted by Gasteiger charge is 1.94. The summed E-state index contributed by atoms with van der Waals surface area (Å²) in [6, 6.07) is 7.59. The van der Waals surface area contributed by atoms with Gasteiger partial charge in [0.15, 0.2) is 0 Å². The maximum absolute atomic E-state index is 8.98. The SMILES string of the molecule is C=C(O)c1ccc(CBr)cc1. The highest BCUT2D eigenvalue weighted by atomic mass is 79.9. The second kappa shape index (κ2) is 3.58. The van der Waals surface area contributed by atoms with Gasteiger partial charge in [-0.1, -0.05) is 46.8 Å². The van der Waals surface area contributed by atoms with Crippen LogP contribution in [0.5, 0.6) is 0 Å². The second-order valence-corrected chi connectivity index (χ2v) is 2.84. The topological polar surface area (TPSA) is 20.2 Å². The summed E-state index contributed by atoms with van der Waals surface area (Å²) in [7, 11) is 0. The van der Waals surface area contributed by atoms with Gasteiger partial charge in [-0.25, -0.2) is 0 Å². The molecule has 0 amide bonds. The molecule has 0 unspecified atom stereocenters. The predicted octanol–water partition coefficient (Wildman–Crippen LogP) is 3.11. The van der Waals surface area contributed by atoms with E-state index in [2.05, 4.69) is 22.5 Å². The van der Waals surface area contributed by atoms with E-state index in [-0.39, 0.29) is 5.76 Å². The second-order valence-electron chi connectivity index (χ2n) is 2.28. The molecule has 0 spiro atoms. The number of halogens is 1. The summed E-state index contributed by atoms with van der Waals surface area (Å²) in [5.74, 6) is 0.117. The number of benzene rings is 1. The van der Waals surface area contributed by atoms with E-state index in [4.69, 9.17) is 5.11 Å². The van der Waals surface area contributed by atoms with Crippen molar-refractivity contribution in [2.75, 3.05) is 0 Å². The van der Waals surface area contributed by atoms with Gasteiger partial charge in [0.25, 0.3) is 0 Å². The lowest BCUT2D eigenvalue weighted by Crippen LogP contribution is -1.81. The third-order valence-corrected chi connectivity index (χ3v) is 2.09. The molecular formula is C9H9BrO. The Bertz CT molecular complexity index is 251. The third kappa shape index (κ3) is 2.09. The molecule has 11 heavy (non-hydrogen) atoms. The van der Waals surface area contributed by atoms with Crippen LogP contribution in [-0.2, 0) is 5.33 Å². The summed E-state index contributed by atoms with van der Waals surface area (Å²) in [5.41, 5.74) is 1.96. The van der Waals surface area contributed by atoms with Crippen molar-refractivity contribution in [1.82, 2.24) is 0 Å². The molecule has 1 nitrogen and oxygen atoms in total. The van der Waals surface area contributed by atoms with Crippen LogP contribution in [0.25, 0.3) is 5.76 Å². The summed E-state index contributed by atoms with van der Waals surface area (Å²) < 4.78 is 0. The van der Waals surface area contributed by atoms with Crippen LogP contribution in [0.4, 0.5) is 0 Å². The van der Waals surface area contributed by atoms with Crippen LogP contribution in [0.1, 0.15) is 11.1 Å². The number of rotatable bonds is 2. The van der Waals surface area contributed by atoms with E-state index in [0.717, 1.165) is 10.9 Å². The van der Waals surface area contributed by atoms with Crippen LogP contribution in [0.3, 0.4) is 0 Å². The largest absolute Gasteiger partial charge is 0.508 e. The Labute approximate surface area is 74.5 Å². The molecule has 0 bridgehead atoms. The van der Waals surface area contributed by atoms with E-state index >= 15 is 0 Å². The van der Waals surface area contributed by atoms with E-state index in [1.807, 2.05) is 24.3 Å². The third-order valence-electron chi connectivity index (χ3n) is 1.44. The fourth-order valence-electron chi connectivity index (χ4n) is 0.786. The van der Waals surface area contributed by atoms with Crippen LogP contribution in [0.15, 0.2) is 30.8 Å². The van der Waals surface area contributed by atoms with E-state index in [9.17, 15) is 0 Å². The first-order valence-corrected chi connectivity index (χ1v) is 4.39. The fourth-order valence-corrected chi connectivity index (χ4v) is 1.16. The van der Waals surface area contributed by atoms with Crippen molar-refractivity contribution in [3.8, 4) is 0 Å². The van der Waals surface area contributed by atoms with Gasteiger partial charge in [0.05, 0.1) is 0 Å². The molecule has 0 aliphatic rings. The molecule has 0 heterocycles. The van der Waals surface area contributed by atoms with Gasteiger partial charge >= 0.3 is 0 Å². The average Bonchev–Trinajstić information content (AvgIpc) is 2.05. The first kappa shape index (κ1) is 8.34. The molecule has 1 rings (SSSR count). The van der Waals surface area contributed by atoms with Gasteiger partial charge in [-0.05, 0) is 5.56 Å². The maximum atomic E-state index is 8.98. The Morgan fingerprint density at radius 2 is 1.91 bits per heavy atom. The van der Waals surface area contributed by atoms with E-state index in [0.29, 0.717) is 0 Å². The van der Waals surface area contributed by atoms with Gasteiger partial charge in [0.2, 0.25) is 0 Å². The minimum absolute atomic E-state index is 0.117. The molecule has 1 aromatic carbocycles.